The molecule has 0 aliphatic carbocycles. The van der Waals surface area contributed by atoms with E-state index >= 15 is 0 Å². The van der Waals surface area contributed by atoms with E-state index in [1.165, 1.54) is 0 Å². The molecule has 0 unspecified atom stereocenters. The van der Waals surface area contributed by atoms with Crippen LogP contribution in [0.1, 0.15) is 11.1 Å². The third kappa shape index (κ3) is 2.62. The maximum absolute atomic E-state index is 12.1. The Morgan fingerprint density at radius 3 is 2.35 bits per heavy atom. The zero-order valence-electron chi connectivity index (χ0n) is 10.1. The van der Waals surface area contributed by atoms with Gasteiger partial charge in [-0.3, -0.25) is 4.79 Å². The summed E-state index contributed by atoms with van der Waals surface area (Å²) in [4.78, 5) is 12.1. The second-order valence-electron chi connectivity index (χ2n) is 4.37. The van der Waals surface area contributed by atoms with Crippen LogP contribution in [0, 0.1) is 0 Å². The molecule has 1 aliphatic heterocycles. The number of hydrogen-bond donors (Lipinski definition) is 1. The molecule has 2 aromatic carbocycles. The summed E-state index contributed by atoms with van der Waals surface area (Å²) in [6.45, 7) is 0. The molecule has 0 saturated heterocycles. The minimum atomic E-state index is -0.0817. The summed E-state index contributed by atoms with van der Waals surface area (Å²) >= 11 is 10.3. The Hall–Kier alpha value is -0.910. The molecule has 2 aromatic rings. The molecule has 5 heteroatoms. The Balaban J connectivity index is 2.12. The summed E-state index contributed by atoms with van der Waals surface area (Å²) in [6.07, 6.45) is 1.90. The number of nitrogens with one attached hydrogen (secondary N) is 1. The van der Waals surface area contributed by atoms with Crippen LogP contribution in [0.25, 0.3) is 11.6 Å². The van der Waals surface area contributed by atoms with E-state index in [0.717, 1.165) is 30.2 Å². The Morgan fingerprint density at radius 2 is 1.65 bits per heavy atom. The average Bonchev–Trinajstić information content (AvgIpc) is 2.70. The fraction of sp³-hybridized carbons (Fsp3) is 0. The van der Waals surface area contributed by atoms with Crippen LogP contribution in [0.2, 0.25) is 0 Å². The maximum atomic E-state index is 12.1. The zero-order chi connectivity index (χ0) is 14.3. The van der Waals surface area contributed by atoms with Crippen molar-refractivity contribution in [3.8, 4) is 0 Å². The molecule has 0 bridgehead atoms. The minimum Gasteiger partial charge on any atom is -0.320 e. The first-order chi connectivity index (χ1) is 9.54. The van der Waals surface area contributed by atoms with Crippen molar-refractivity contribution in [3.05, 3.63) is 60.9 Å². The first-order valence-corrected chi connectivity index (χ1v) is 8.20. The Morgan fingerprint density at radius 1 is 0.950 bits per heavy atom. The molecule has 1 heterocycles. The van der Waals surface area contributed by atoms with Crippen LogP contribution in [0.4, 0.5) is 5.69 Å². The van der Waals surface area contributed by atoms with Gasteiger partial charge in [0.1, 0.15) is 0 Å². The van der Waals surface area contributed by atoms with Gasteiger partial charge in [0.25, 0.3) is 5.91 Å². The molecule has 1 amide bonds. The molecule has 2 nitrogen and oxygen atoms in total. The first-order valence-electron chi connectivity index (χ1n) is 5.82. The molecule has 0 fully saturated rings. The number of hydrogen-bond acceptors (Lipinski definition) is 1. The molecular formula is C15H8Br3NO. The Bertz CT molecular complexity index is 736. The molecule has 0 aromatic heterocycles. The van der Waals surface area contributed by atoms with Gasteiger partial charge < -0.3 is 5.32 Å². The van der Waals surface area contributed by atoms with Gasteiger partial charge in [-0.1, -0.05) is 44.0 Å². The monoisotopic (exact) mass is 455 g/mol. The molecule has 1 aliphatic rings. The zero-order valence-corrected chi connectivity index (χ0v) is 14.8. The number of benzene rings is 2. The molecule has 20 heavy (non-hydrogen) atoms. The van der Waals surface area contributed by atoms with Gasteiger partial charge in [0.2, 0.25) is 0 Å². The topological polar surface area (TPSA) is 29.1 Å². The van der Waals surface area contributed by atoms with Crippen molar-refractivity contribution in [3.63, 3.8) is 0 Å². The van der Waals surface area contributed by atoms with E-state index in [-0.39, 0.29) is 5.91 Å². The summed E-state index contributed by atoms with van der Waals surface area (Å²) in [7, 11) is 0. The standard InChI is InChI=1S/C15H8Br3NO/c16-9-3-1-8(2-4-9)5-12-11-6-10(17)7-13(18)14(11)19-15(12)20/h1-7H,(H,19,20). The lowest BCUT2D eigenvalue weighted by Gasteiger charge is -2.03. The summed E-state index contributed by atoms with van der Waals surface area (Å²) in [5, 5.41) is 2.89. The predicted octanol–water partition coefficient (Wildman–Crippen LogP) is 5.47. The van der Waals surface area contributed by atoms with Crippen molar-refractivity contribution in [2.45, 2.75) is 0 Å². The van der Waals surface area contributed by atoms with Crippen LogP contribution in [0.3, 0.4) is 0 Å². The van der Waals surface area contributed by atoms with Crippen molar-refractivity contribution >= 4 is 71.0 Å². The van der Waals surface area contributed by atoms with Crippen LogP contribution in [0.5, 0.6) is 0 Å². The van der Waals surface area contributed by atoms with E-state index in [9.17, 15) is 4.79 Å². The van der Waals surface area contributed by atoms with Gasteiger partial charge in [0.15, 0.2) is 0 Å². The number of carbonyl (C=O) groups is 1. The fourth-order valence-corrected chi connectivity index (χ4v) is 3.67. The lowest BCUT2D eigenvalue weighted by atomic mass is 10.0. The minimum absolute atomic E-state index is 0.0817. The van der Waals surface area contributed by atoms with Crippen molar-refractivity contribution in [2.75, 3.05) is 5.32 Å². The largest absolute Gasteiger partial charge is 0.320 e. The van der Waals surface area contributed by atoms with Gasteiger partial charge in [-0.15, -0.1) is 0 Å². The number of carbonyl (C=O) groups excluding carboxylic acids is 1. The smallest absolute Gasteiger partial charge is 0.256 e. The summed E-state index contributed by atoms with van der Waals surface area (Å²) in [6, 6.07) is 11.7. The van der Waals surface area contributed by atoms with Gasteiger partial charge in [0.05, 0.1) is 5.69 Å². The quantitative estimate of drug-likeness (QED) is 0.565. The van der Waals surface area contributed by atoms with Crippen LogP contribution in [0.15, 0.2) is 49.8 Å². The summed E-state index contributed by atoms with van der Waals surface area (Å²) < 4.78 is 2.82. The highest BCUT2D eigenvalue weighted by atomic mass is 79.9. The third-order valence-corrected chi connectivity index (χ3v) is 4.62. The molecule has 3 rings (SSSR count). The van der Waals surface area contributed by atoms with Crippen molar-refractivity contribution in [2.24, 2.45) is 0 Å². The second-order valence-corrected chi connectivity index (χ2v) is 7.06. The molecule has 0 saturated carbocycles. The summed E-state index contributed by atoms with van der Waals surface area (Å²) in [5.74, 6) is -0.0817. The van der Waals surface area contributed by atoms with E-state index in [4.69, 9.17) is 0 Å². The number of fused-ring (bicyclic) bond motifs is 1. The average molecular weight is 458 g/mol. The van der Waals surface area contributed by atoms with Crippen molar-refractivity contribution in [1.29, 1.82) is 0 Å². The van der Waals surface area contributed by atoms with Crippen molar-refractivity contribution in [1.82, 2.24) is 0 Å². The first kappa shape index (κ1) is 14.0. The molecule has 0 spiro atoms. The molecule has 0 atom stereocenters. The van der Waals surface area contributed by atoms with Crippen LogP contribution < -0.4 is 5.32 Å². The van der Waals surface area contributed by atoms with E-state index in [0.29, 0.717) is 5.57 Å². The van der Waals surface area contributed by atoms with Gasteiger partial charge in [0, 0.05) is 24.6 Å². The van der Waals surface area contributed by atoms with E-state index in [2.05, 4.69) is 53.1 Å². The Kier molecular flexibility index (Phi) is 3.84. The van der Waals surface area contributed by atoms with Gasteiger partial charge >= 0.3 is 0 Å². The molecule has 100 valence electrons. The van der Waals surface area contributed by atoms with Crippen LogP contribution in [-0.2, 0) is 4.79 Å². The highest BCUT2D eigenvalue weighted by molar-refractivity contribution is 9.11. The van der Waals surface area contributed by atoms with Gasteiger partial charge in [-0.2, -0.15) is 0 Å². The number of rotatable bonds is 1. The number of halogens is 3. The van der Waals surface area contributed by atoms with E-state index in [1.807, 2.05) is 42.5 Å². The highest BCUT2D eigenvalue weighted by Crippen LogP contribution is 2.40. The second kappa shape index (κ2) is 5.47. The SMILES string of the molecule is O=C1Nc2c(Br)cc(Br)cc2C1=Cc1ccc(Br)cc1. The van der Waals surface area contributed by atoms with E-state index < -0.39 is 0 Å². The lowest BCUT2D eigenvalue weighted by molar-refractivity contribution is -0.110. The number of amides is 1. The molecular weight excluding hydrogens is 450 g/mol. The predicted molar refractivity (Wildman–Crippen MR) is 92.5 cm³/mol. The van der Waals surface area contributed by atoms with Crippen molar-refractivity contribution < 1.29 is 4.79 Å². The van der Waals surface area contributed by atoms with Gasteiger partial charge in [-0.25, -0.2) is 0 Å². The van der Waals surface area contributed by atoms with Crippen LogP contribution >= 0.6 is 47.8 Å². The fourth-order valence-electron chi connectivity index (χ4n) is 2.09. The molecule has 0 radical (unpaired) electrons. The maximum Gasteiger partial charge on any atom is 0.256 e. The normalized spacial score (nSPS) is 15.3. The molecule has 1 N–H and O–H groups in total. The number of anilines is 1. The highest BCUT2D eigenvalue weighted by Gasteiger charge is 2.26. The van der Waals surface area contributed by atoms with Crippen LogP contribution in [-0.4, -0.2) is 5.91 Å². The lowest BCUT2D eigenvalue weighted by Crippen LogP contribution is -2.03. The van der Waals surface area contributed by atoms with Gasteiger partial charge in [-0.05, 0) is 51.8 Å². The van der Waals surface area contributed by atoms with E-state index in [1.54, 1.807) is 0 Å². The summed E-state index contributed by atoms with van der Waals surface area (Å²) in [5.41, 5.74) is 3.38. The third-order valence-electron chi connectivity index (χ3n) is 3.01. The Labute approximate surface area is 141 Å².